The number of carboxylic acid groups (broad SMARTS) is 1. The quantitative estimate of drug-likeness (QED) is 0.0357. The monoisotopic (exact) mass is 730 g/mol. The maximum atomic E-state index is 12.5. The van der Waals surface area contributed by atoms with Crippen LogP contribution in [0.1, 0.15) is 158 Å². The summed E-state index contributed by atoms with van der Waals surface area (Å²) < 4.78 is 11.5. The van der Waals surface area contributed by atoms with Crippen LogP contribution in [0.15, 0.2) is 42.5 Å². The van der Waals surface area contributed by atoms with Crippen molar-refractivity contribution >= 4 is 23.5 Å². The van der Waals surface area contributed by atoms with Crippen molar-refractivity contribution in [2.45, 2.75) is 166 Å². The standard InChI is InChI=1S/C43H67ClO7/c1-3-5-6-7-8-9-10-11-14-17-30-50-39-24-18-23-36(42(48)49)35(39)27-31-51-41(47)26-16-13-12-15-21-33-34(38(45)32-37(33)44)22-19-25-40(46)43(4-2)28-20-29-43/h12,15,18-19,22-24,33-34,37-38,40,45-46H,3-11,13-14,16-17,20-21,25-32H2,1-2H3,(H,48,49)/b15-12-,22-19+/t33-,34-,37-,38-,40+/m1/s1. The minimum Gasteiger partial charge on any atom is -0.493 e. The smallest absolute Gasteiger partial charge is 0.336 e. The molecule has 3 N–H and O–H groups in total. The van der Waals surface area contributed by atoms with Gasteiger partial charge in [0, 0.05) is 29.7 Å². The summed E-state index contributed by atoms with van der Waals surface area (Å²) in [5.41, 5.74) is 0.813. The highest BCUT2D eigenvalue weighted by atomic mass is 35.5. The number of benzene rings is 1. The van der Waals surface area contributed by atoms with Crippen molar-refractivity contribution in [3.05, 3.63) is 53.6 Å². The first-order valence-electron chi connectivity index (χ1n) is 20.2. The molecule has 0 unspecified atom stereocenters. The summed E-state index contributed by atoms with van der Waals surface area (Å²) in [6, 6.07) is 5.06. The van der Waals surface area contributed by atoms with Crippen molar-refractivity contribution in [3.63, 3.8) is 0 Å². The number of halogens is 1. The Hall–Kier alpha value is -2.35. The van der Waals surface area contributed by atoms with E-state index >= 15 is 0 Å². The van der Waals surface area contributed by atoms with E-state index < -0.39 is 12.1 Å². The number of carbonyl (C=O) groups excluding carboxylic acids is 1. The van der Waals surface area contributed by atoms with Gasteiger partial charge in [-0.25, -0.2) is 4.79 Å². The number of allylic oxidation sites excluding steroid dienone is 2. The van der Waals surface area contributed by atoms with Crippen LogP contribution >= 0.6 is 11.6 Å². The maximum absolute atomic E-state index is 12.5. The van der Waals surface area contributed by atoms with Gasteiger partial charge in [-0.2, -0.15) is 0 Å². The van der Waals surface area contributed by atoms with Crippen molar-refractivity contribution in [2.24, 2.45) is 17.3 Å². The first-order chi connectivity index (χ1) is 24.7. The third-order valence-electron chi connectivity index (χ3n) is 11.4. The topological polar surface area (TPSA) is 113 Å². The third kappa shape index (κ3) is 14.5. The molecule has 0 spiro atoms. The lowest BCUT2D eigenvalue weighted by molar-refractivity contribution is -0.143. The van der Waals surface area contributed by atoms with Crippen molar-refractivity contribution < 1.29 is 34.4 Å². The second-order valence-electron chi connectivity index (χ2n) is 15.0. The molecule has 0 saturated heterocycles. The summed E-state index contributed by atoms with van der Waals surface area (Å²) in [7, 11) is 0. The molecule has 0 bridgehead atoms. The summed E-state index contributed by atoms with van der Waals surface area (Å²) in [5.74, 6) is -0.680. The van der Waals surface area contributed by atoms with E-state index in [1.165, 1.54) is 57.8 Å². The average molecular weight is 731 g/mol. The molecule has 0 radical (unpaired) electrons. The second-order valence-corrected chi connectivity index (χ2v) is 15.6. The number of ether oxygens (including phenoxy) is 2. The van der Waals surface area contributed by atoms with Gasteiger partial charge in [0.05, 0.1) is 31.0 Å². The largest absolute Gasteiger partial charge is 0.493 e. The molecule has 2 aliphatic carbocycles. The molecular weight excluding hydrogens is 664 g/mol. The minimum atomic E-state index is -1.02. The molecule has 51 heavy (non-hydrogen) atoms. The van der Waals surface area contributed by atoms with Crippen LogP contribution < -0.4 is 4.74 Å². The third-order valence-corrected chi connectivity index (χ3v) is 11.9. The molecule has 288 valence electrons. The number of aromatic carboxylic acids is 1. The van der Waals surface area contributed by atoms with E-state index in [9.17, 15) is 24.9 Å². The van der Waals surface area contributed by atoms with Gasteiger partial charge in [-0.15, -0.1) is 11.6 Å². The van der Waals surface area contributed by atoms with E-state index in [4.69, 9.17) is 21.1 Å². The van der Waals surface area contributed by atoms with Crippen LogP contribution in [-0.4, -0.2) is 58.1 Å². The molecule has 0 heterocycles. The number of hydrogen-bond donors (Lipinski definition) is 3. The predicted octanol–water partition coefficient (Wildman–Crippen LogP) is 10.4. The number of hydrogen-bond acceptors (Lipinski definition) is 6. The Bertz CT molecular complexity index is 1200. The van der Waals surface area contributed by atoms with Crippen LogP contribution in [0, 0.1) is 17.3 Å². The fourth-order valence-electron chi connectivity index (χ4n) is 7.84. The molecule has 0 amide bonds. The molecule has 2 saturated carbocycles. The van der Waals surface area contributed by atoms with Gasteiger partial charge in [-0.1, -0.05) is 108 Å². The summed E-state index contributed by atoms with van der Waals surface area (Å²) in [6.45, 7) is 5.03. The lowest BCUT2D eigenvalue weighted by Crippen LogP contribution is -2.40. The highest BCUT2D eigenvalue weighted by molar-refractivity contribution is 6.21. The van der Waals surface area contributed by atoms with Gasteiger partial charge in [0.25, 0.3) is 0 Å². The lowest BCUT2D eigenvalue weighted by Gasteiger charge is -2.45. The van der Waals surface area contributed by atoms with Crippen LogP contribution in [0.2, 0.25) is 0 Å². The van der Waals surface area contributed by atoms with Gasteiger partial charge in [-0.3, -0.25) is 4.79 Å². The van der Waals surface area contributed by atoms with Crippen molar-refractivity contribution in [1.29, 1.82) is 0 Å². The van der Waals surface area contributed by atoms with Crippen molar-refractivity contribution in [1.82, 2.24) is 0 Å². The lowest BCUT2D eigenvalue weighted by atomic mass is 9.63. The van der Waals surface area contributed by atoms with E-state index in [2.05, 4.69) is 32.1 Å². The molecular formula is C43H67ClO7. The number of unbranched alkanes of at least 4 members (excludes halogenated alkanes) is 10. The van der Waals surface area contributed by atoms with Gasteiger partial charge >= 0.3 is 11.9 Å². The molecule has 0 aromatic heterocycles. The number of aliphatic hydroxyl groups is 2. The maximum Gasteiger partial charge on any atom is 0.336 e. The zero-order chi connectivity index (χ0) is 36.9. The van der Waals surface area contributed by atoms with Crippen LogP contribution in [-0.2, 0) is 16.0 Å². The number of aliphatic hydroxyl groups excluding tert-OH is 2. The van der Waals surface area contributed by atoms with Gasteiger partial charge < -0.3 is 24.8 Å². The van der Waals surface area contributed by atoms with Gasteiger partial charge in [0.1, 0.15) is 5.75 Å². The van der Waals surface area contributed by atoms with E-state index in [0.717, 1.165) is 44.9 Å². The SMILES string of the molecule is CCCCCCCCCCCCOc1cccc(C(=O)O)c1CCOC(=O)CCC/C=C\C[C@@H]1[C@@H](/C=C/C[C@H](O)C2(CC)CCC2)[C@H](O)C[C@H]1Cl. The molecule has 5 atom stereocenters. The molecule has 0 aliphatic heterocycles. The van der Waals surface area contributed by atoms with E-state index in [-0.39, 0.29) is 59.7 Å². The van der Waals surface area contributed by atoms with Crippen LogP contribution in [0.5, 0.6) is 5.75 Å². The average Bonchev–Trinajstić information content (AvgIpc) is 3.36. The van der Waals surface area contributed by atoms with Crippen LogP contribution in [0.3, 0.4) is 0 Å². The molecule has 3 rings (SSSR count). The van der Waals surface area contributed by atoms with Crippen LogP contribution in [0.25, 0.3) is 0 Å². The van der Waals surface area contributed by atoms with Crippen LogP contribution in [0.4, 0.5) is 0 Å². The highest BCUT2D eigenvalue weighted by Crippen LogP contribution is 2.48. The highest BCUT2D eigenvalue weighted by Gasteiger charge is 2.42. The Morgan fingerprint density at radius 3 is 2.31 bits per heavy atom. The van der Waals surface area contributed by atoms with Crippen molar-refractivity contribution in [3.8, 4) is 5.75 Å². The summed E-state index contributed by atoms with van der Waals surface area (Å²) in [5, 5.41) is 31.1. The van der Waals surface area contributed by atoms with E-state index in [1.54, 1.807) is 18.2 Å². The molecule has 8 heteroatoms. The zero-order valence-electron chi connectivity index (χ0n) is 31.5. The summed E-state index contributed by atoms with van der Waals surface area (Å²) >= 11 is 6.64. The zero-order valence-corrected chi connectivity index (χ0v) is 32.3. The normalized spacial score (nSPS) is 22.0. The molecule has 1 aromatic rings. The Morgan fingerprint density at radius 2 is 1.67 bits per heavy atom. The Labute approximate surface area is 313 Å². The van der Waals surface area contributed by atoms with E-state index in [1.807, 2.05) is 6.08 Å². The first kappa shape index (κ1) is 43.1. The molecule has 2 fully saturated rings. The van der Waals surface area contributed by atoms with Crippen molar-refractivity contribution in [2.75, 3.05) is 13.2 Å². The fraction of sp³-hybridized carbons (Fsp3) is 0.721. The number of rotatable bonds is 27. The van der Waals surface area contributed by atoms with Gasteiger partial charge in [0.2, 0.25) is 0 Å². The predicted molar refractivity (Wildman–Crippen MR) is 207 cm³/mol. The fourth-order valence-corrected chi connectivity index (χ4v) is 8.29. The van der Waals surface area contributed by atoms with Gasteiger partial charge in [-0.05, 0) is 81.3 Å². The molecule has 7 nitrogen and oxygen atoms in total. The Kier molecular flexibility index (Phi) is 20.3. The Morgan fingerprint density at radius 1 is 0.961 bits per heavy atom. The van der Waals surface area contributed by atoms with E-state index in [0.29, 0.717) is 37.2 Å². The second kappa shape index (κ2) is 24.1. The summed E-state index contributed by atoms with van der Waals surface area (Å²) in [4.78, 5) is 24.4. The molecule has 1 aromatic carbocycles. The molecule has 2 aliphatic rings. The Balaban J connectivity index is 1.33. The van der Waals surface area contributed by atoms with Gasteiger partial charge in [0.15, 0.2) is 0 Å². The number of carboxylic acids is 1. The number of esters is 1. The summed E-state index contributed by atoms with van der Waals surface area (Å²) in [6.07, 6.45) is 28.0. The number of alkyl halides is 1. The number of carbonyl (C=O) groups is 2. The minimum absolute atomic E-state index is 0.0322. The first-order valence-corrected chi connectivity index (χ1v) is 20.6.